The first-order valence-electron chi connectivity index (χ1n) is 19.1. The Morgan fingerprint density at radius 1 is 0.820 bits per heavy atom. The number of rotatable bonds is 9. The summed E-state index contributed by atoms with van der Waals surface area (Å²) in [6, 6.07) is 3.86. The van der Waals surface area contributed by atoms with Crippen molar-refractivity contribution in [1.82, 2.24) is 10.6 Å². The van der Waals surface area contributed by atoms with E-state index in [1.807, 2.05) is 0 Å². The molecule has 11 N–H and O–H groups in total. The molecule has 3 aromatic carbocycles. The van der Waals surface area contributed by atoms with Crippen molar-refractivity contribution in [3.05, 3.63) is 68.8 Å². The number of aliphatic hydroxyl groups is 5. The Hall–Kier alpha value is -5.26. The molecule has 0 unspecified atom stereocenters. The van der Waals surface area contributed by atoms with Crippen LogP contribution >= 0.6 is 0 Å². The molecule has 2 aliphatic heterocycles. The number of benzene rings is 3. The van der Waals surface area contributed by atoms with Crippen molar-refractivity contribution in [2.45, 2.75) is 101 Å². The van der Waals surface area contributed by atoms with E-state index in [2.05, 4.69) is 10.6 Å². The van der Waals surface area contributed by atoms with Gasteiger partial charge in [-0.05, 0) is 63.6 Å². The first kappa shape index (κ1) is 43.8. The number of carbonyl (C=O) groups excluding carboxylic acids is 3. The van der Waals surface area contributed by atoms with Gasteiger partial charge in [-0.15, -0.1) is 0 Å². The lowest BCUT2D eigenvalue weighted by Gasteiger charge is -2.47. The average Bonchev–Trinajstić information content (AvgIpc) is 3.19. The van der Waals surface area contributed by atoms with Crippen LogP contribution in [0.3, 0.4) is 0 Å². The van der Waals surface area contributed by atoms with Gasteiger partial charge in [0.05, 0.1) is 42.6 Å². The van der Waals surface area contributed by atoms with Crippen LogP contribution in [0.4, 0.5) is 0 Å². The van der Waals surface area contributed by atoms with Crippen molar-refractivity contribution in [2.24, 2.45) is 0 Å². The number of aromatic hydroxyl groups is 3. The Balaban J connectivity index is 1.37. The predicted octanol–water partition coefficient (Wildman–Crippen LogP) is -0.222. The van der Waals surface area contributed by atoms with Crippen molar-refractivity contribution >= 4 is 23.4 Å². The van der Waals surface area contributed by atoms with Crippen molar-refractivity contribution in [2.75, 3.05) is 20.8 Å². The Morgan fingerprint density at radius 2 is 1.46 bits per heavy atom. The zero-order valence-corrected chi connectivity index (χ0v) is 33.6. The Morgan fingerprint density at radius 3 is 2.10 bits per heavy atom. The second kappa shape index (κ2) is 15.9. The molecule has 328 valence electrons. The summed E-state index contributed by atoms with van der Waals surface area (Å²) < 4.78 is 29.0. The van der Waals surface area contributed by atoms with E-state index in [1.165, 1.54) is 47.1 Å². The fraction of sp³-hybridized carbons (Fsp3) is 0.463. The van der Waals surface area contributed by atoms with Gasteiger partial charge in [0.25, 0.3) is 5.91 Å². The number of carbonyl (C=O) groups is 4. The summed E-state index contributed by atoms with van der Waals surface area (Å²) in [6.45, 7) is 4.98. The van der Waals surface area contributed by atoms with E-state index in [0.29, 0.717) is 0 Å². The van der Waals surface area contributed by atoms with Crippen LogP contribution in [0.2, 0.25) is 0 Å². The fourth-order valence-corrected chi connectivity index (χ4v) is 8.37. The highest BCUT2D eigenvalue weighted by Crippen LogP contribution is 2.57. The van der Waals surface area contributed by atoms with E-state index in [4.69, 9.17) is 23.7 Å². The normalized spacial score (nSPS) is 29.5. The van der Waals surface area contributed by atoms with E-state index >= 15 is 0 Å². The standard InChI is InChI=1S/C41H46N2O18/c1-12-7-18-24(31(50)21(12)37(54)43-41(3,4)40(55)56)23-16(10-17-25(32(23)51)28(47)15-8-14(57-6)9-19(44)22(15)27(17)46)29(48)35(18)60-39-34(53)36(26(42-5)13(2)59-39)61-38-33(52)30(49)20(45)11-58-38/h7-10,13,20,26,29-30,33-36,38-39,42,44-45,48-53H,11H2,1-6H3,(H,43,54)(H,55,56)/t13-,20-,26+,29+,30+,33-,34-,35+,36+,38+,39+/m1/s1. The maximum atomic E-state index is 14.1. The highest BCUT2D eigenvalue weighted by molar-refractivity contribution is 6.31. The summed E-state index contributed by atoms with van der Waals surface area (Å²) in [6.07, 6.45) is -15.6. The van der Waals surface area contributed by atoms with Gasteiger partial charge in [0.1, 0.15) is 71.3 Å². The van der Waals surface area contributed by atoms with Crippen molar-refractivity contribution in [1.29, 1.82) is 0 Å². The molecular formula is C41H46N2O18. The first-order valence-corrected chi connectivity index (χ1v) is 19.1. The molecule has 20 heteroatoms. The quantitative estimate of drug-likeness (QED) is 0.104. The molecule has 1 amide bonds. The number of hydrogen-bond acceptors (Lipinski definition) is 18. The minimum Gasteiger partial charge on any atom is -0.507 e. The second-order valence-corrected chi connectivity index (χ2v) is 16.0. The van der Waals surface area contributed by atoms with E-state index in [0.717, 1.165) is 12.1 Å². The van der Waals surface area contributed by atoms with Gasteiger partial charge in [-0.3, -0.25) is 14.4 Å². The Labute approximate surface area is 346 Å². The Kier molecular flexibility index (Phi) is 11.4. The maximum absolute atomic E-state index is 14.1. The minimum absolute atomic E-state index is 0.0149. The van der Waals surface area contributed by atoms with Gasteiger partial charge in [-0.2, -0.15) is 0 Å². The molecule has 3 aromatic rings. The third-order valence-corrected chi connectivity index (χ3v) is 11.7. The Bertz CT molecular complexity index is 2330. The average molecular weight is 855 g/mol. The SMILES string of the molecule is CN[C@@H]1[C@H](O[C@@H]2OC[C@@H](O)[C@H](O)[C@H]2O)[C@@H](O)[C@H](O[C@H]2c3cc(C)c(C(=O)NC(C)(C)C(=O)O)c(O)c3-c3c(cc4c(c3O)C(=O)c3cc(OC)cc(O)c3C4=O)[C@@H]2O)O[C@@H]1C. The van der Waals surface area contributed by atoms with Gasteiger partial charge in [-0.25, -0.2) is 4.79 Å². The van der Waals surface area contributed by atoms with Crippen LogP contribution in [0.25, 0.3) is 11.1 Å². The summed E-state index contributed by atoms with van der Waals surface area (Å²) >= 11 is 0. The molecule has 2 fully saturated rings. The number of methoxy groups -OCH3 is 1. The lowest BCUT2D eigenvalue weighted by atomic mass is 9.74. The maximum Gasteiger partial charge on any atom is 0.328 e. The molecule has 7 rings (SSSR count). The van der Waals surface area contributed by atoms with Crippen LogP contribution in [0.5, 0.6) is 23.0 Å². The smallest absolute Gasteiger partial charge is 0.328 e. The number of ketones is 2. The molecule has 61 heavy (non-hydrogen) atoms. The van der Waals surface area contributed by atoms with E-state index < -0.39 is 148 Å². The summed E-state index contributed by atoms with van der Waals surface area (Å²) in [5.74, 6) is -6.67. The lowest BCUT2D eigenvalue weighted by Crippen LogP contribution is -2.65. The molecule has 0 aromatic heterocycles. The number of phenolic OH excluding ortho intramolecular Hbond substituents is 3. The van der Waals surface area contributed by atoms with Crippen molar-refractivity contribution in [3.8, 4) is 34.1 Å². The highest BCUT2D eigenvalue weighted by Gasteiger charge is 2.51. The molecule has 2 heterocycles. The zero-order valence-electron chi connectivity index (χ0n) is 33.6. The van der Waals surface area contributed by atoms with E-state index in [-0.39, 0.29) is 33.6 Å². The topological polar surface area (TPSA) is 321 Å². The number of aliphatic carboxylic acids is 1. The summed E-state index contributed by atoms with van der Waals surface area (Å²) in [7, 11) is 2.80. The molecule has 20 nitrogen and oxygen atoms in total. The molecule has 0 bridgehead atoms. The van der Waals surface area contributed by atoms with Crippen LogP contribution in [-0.2, 0) is 23.7 Å². The summed E-state index contributed by atoms with van der Waals surface area (Å²) in [4.78, 5) is 53.9. The number of aliphatic hydroxyl groups excluding tert-OH is 5. The first-order chi connectivity index (χ1) is 28.6. The van der Waals surface area contributed by atoms with E-state index in [1.54, 1.807) is 6.92 Å². The number of nitrogens with one attached hydrogen (secondary N) is 2. The largest absolute Gasteiger partial charge is 0.507 e. The number of aryl methyl sites for hydroxylation is 1. The minimum atomic E-state index is -1.90. The third-order valence-electron chi connectivity index (χ3n) is 11.7. The zero-order chi connectivity index (χ0) is 44.7. The van der Waals surface area contributed by atoms with Crippen molar-refractivity contribution in [3.63, 3.8) is 0 Å². The summed E-state index contributed by atoms with van der Waals surface area (Å²) in [5, 5.41) is 105. The number of hydrogen-bond donors (Lipinski definition) is 11. The van der Waals surface area contributed by atoms with E-state index in [9.17, 15) is 65.1 Å². The van der Waals surface area contributed by atoms with Crippen LogP contribution < -0.4 is 15.4 Å². The third kappa shape index (κ3) is 7.07. The molecule has 0 spiro atoms. The van der Waals surface area contributed by atoms with Gasteiger partial charge in [-0.1, -0.05) is 6.07 Å². The second-order valence-electron chi connectivity index (χ2n) is 16.0. The van der Waals surface area contributed by atoms with Crippen LogP contribution in [0.15, 0.2) is 24.3 Å². The molecular weight excluding hydrogens is 808 g/mol. The number of carboxylic acids is 1. The number of ether oxygens (including phenoxy) is 5. The fourth-order valence-electron chi connectivity index (χ4n) is 8.37. The molecule has 2 saturated heterocycles. The monoisotopic (exact) mass is 854 g/mol. The van der Waals surface area contributed by atoms with Crippen LogP contribution in [-0.4, -0.2) is 151 Å². The van der Waals surface area contributed by atoms with Crippen molar-refractivity contribution < 1.29 is 88.8 Å². The van der Waals surface area contributed by atoms with Gasteiger partial charge in [0.2, 0.25) is 0 Å². The van der Waals surface area contributed by atoms with Crippen LogP contribution in [0, 0.1) is 6.92 Å². The van der Waals surface area contributed by atoms with Gasteiger partial charge in [0, 0.05) is 28.3 Å². The molecule has 2 aliphatic carbocycles. The number of fused-ring (bicyclic) bond motifs is 5. The lowest BCUT2D eigenvalue weighted by molar-refractivity contribution is -0.339. The number of phenols is 3. The summed E-state index contributed by atoms with van der Waals surface area (Å²) in [5.41, 5.74) is -5.23. The highest BCUT2D eigenvalue weighted by atomic mass is 16.7. The number of likely N-dealkylation sites (N-methyl/N-ethyl adjacent to an activating group) is 1. The molecule has 0 radical (unpaired) electrons. The molecule has 11 atom stereocenters. The van der Waals surface area contributed by atoms with Crippen LogP contribution in [0.1, 0.15) is 91.9 Å². The van der Waals surface area contributed by atoms with Gasteiger partial charge < -0.3 is 80.3 Å². The molecule has 0 saturated carbocycles. The van der Waals surface area contributed by atoms with Gasteiger partial charge in [0.15, 0.2) is 24.1 Å². The molecule has 4 aliphatic rings. The predicted molar refractivity (Wildman–Crippen MR) is 205 cm³/mol. The number of carboxylic acid groups (broad SMARTS) is 1. The van der Waals surface area contributed by atoms with Gasteiger partial charge >= 0.3 is 5.97 Å². The number of amides is 1.